The smallest absolute Gasteiger partial charge is 0.201 e. The summed E-state index contributed by atoms with van der Waals surface area (Å²) in [5.41, 5.74) is 8.24. The number of aromatic nitrogens is 2. The average molecular weight is 305 g/mol. The van der Waals surface area contributed by atoms with E-state index in [0.717, 1.165) is 28.9 Å². The van der Waals surface area contributed by atoms with Gasteiger partial charge in [0.15, 0.2) is 0 Å². The molecule has 2 saturated heterocycles. The standard InChI is InChI=1S/C16H21ClN4/c1-20-11-3-2-4-12(20)9-13(8-11)21-15-7-10(17)5-6-14(15)19-16(21)18/h5-7,11-13H,2-4,8-9H2,1H3,(H2,18,19). The Morgan fingerprint density at radius 3 is 2.62 bits per heavy atom. The number of hydrogen-bond donors (Lipinski definition) is 1. The number of rotatable bonds is 1. The van der Waals surface area contributed by atoms with Crippen LogP contribution in [0.25, 0.3) is 11.0 Å². The van der Waals surface area contributed by atoms with E-state index in [0.29, 0.717) is 24.1 Å². The molecule has 0 radical (unpaired) electrons. The summed E-state index contributed by atoms with van der Waals surface area (Å²) in [5.74, 6) is 0.625. The first-order valence-electron chi connectivity index (χ1n) is 7.78. The Hall–Kier alpha value is -1.26. The first kappa shape index (κ1) is 13.4. The van der Waals surface area contributed by atoms with E-state index in [-0.39, 0.29) is 0 Å². The second kappa shape index (κ2) is 4.89. The average Bonchev–Trinajstić information content (AvgIpc) is 2.74. The maximum Gasteiger partial charge on any atom is 0.201 e. The van der Waals surface area contributed by atoms with Crippen LogP contribution < -0.4 is 5.73 Å². The van der Waals surface area contributed by atoms with E-state index in [1.165, 1.54) is 19.3 Å². The summed E-state index contributed by atoms with van der Waals surface area (Å²) in [6.07, 6.45) is 6.29. The summed E-state index contributed by atoms with van der Waals surface area (Å²) in [6.45, 7) is 0. The van der Waals surface area contributed by atoms with E-state index in [1.54, 1.807) is 0 Å². The second-order valence-corrected chi connectivity index (χ2v) is 6.94. The van der Waals surface area contributed by atoms with Gasteiger partial charge >= 0.3 is 0 Å². The van der Waals surface area contributed by atoms with Gasteiger partial charge in [-0.25, -0.2) is 4.98 Å². The van der Waals surface area contributed by atoms with Gasteiger partial charge in [-0.2, -0.15) is 0 Å². The van der Waals surface area contributed by atoms with E-state index in [4.69, 9.17) is 17.3 Å². The van der Waals surface area contributed by atoms with Crippen molar-refractivity contribution in [1.82, 2.24) is 14.5 Å². The van der Waals surface area contributed by atoms with Crippen LogP contribution in [0.5, 0.6) is 0 Å². The zero-order valence-corrected chi connectivity index (χ0v) is 13.1. The molecule has 21 heavy (non-hydrogen) atoms. The molecule has 1 aromatic heterocycles. The molecule has 2 bridgehead atoms. The fraction of sp³-hybridized carbons (Fsp3) is 0.562. The molecule has 0 amide bonds. The Morgan fingerprint density at radius 1 is 1.19 bits per heavy atom. The number of anilines is 1. The van der Waals surface area contributed by atoms with Gasteiger partial charge in [-0.15, -0.1) is 0 Å². The van der Waals surface area contributed by atoms with Crippen LogP contribution in [0.3, 0.4) is 0 Å². The number of fused-ring (bicyclic) bond motifs is 3. The van der Waals surface area contributed by atoms with E-state index >= 15 is 0 Å². The minimum atomic E-state index is 0.444. The topological polar surface area (TPSA) is 47.1 Å². The third-order valence-electron chi connectivity index (χ3n) is 5.36. The first-order chi connectivity index (χ1) is 10.1. The highest BCUT2D eigenvalue weighted by atomic mass is 35.5. The molecule has 1 aromatic carbocycles. The van der Waals surface area contributed by atoms with E-state index < -0.39 is 0 Å². The van der Waals surface area contributed by atoms with Gasteiger partial charge in [0, 0.05) is 23.1 Å². The molecule has 112 valence electrons. The molecular weight excluding hydrogens is 284 g/mol. The minimum absolute atomic E-state index is 0.444. The van der Waals surface area contributed by atoms with Gasteiger partial charge in [0.2, 0.25) is 5.95 Å². The van der Waals surface area contributed by atoms with Gasteiger partial charge in [-0.1, -0.05) is 18.0 Å². The summed E-state index contributed by atoms with van der Waals surface area (Å²) in [5, 5.41) is 0.747. The van der Waals surface area contributed by atoms with Crippen LogP contribution in [0, 0.1) is 0 Å². The second-order valence-electron chi connectivity index (χ2n) is 6.50. The highest BCUT2D eigenvalue weighted by Gasteiger charge is 2.37. The molecular formula is C16H21ClN4. The van der Waals surface area contributed by atoms with E-state index in [9.17, 15) is 0 Å². The molecule has 2 aromatic rings. The number of nitrogens with two attached hydrogens (primary N) is 1. The lowest BCUT2D eigenvalue weighted by Gasteiger charge is -2.47. The van der Waals surface area contributed by atoms with Crippen LogP contribution in [0.1, 0.15) is 38.1 Å². The fourth-order valence-electron chi connectivity index (χ4n) is 4.27. The zero-order valence-electron chi connectivity index (χ0n) is 12.3. The molecule has 5 heteroatoms. The summed E-state index contributed by atoms with van der Waals surface area (Å²) >= 11 is 6.17. The quantitative estimate of drug-likeness (QED) is 0.877. The summed E-state index contributed by atoms with van der Waals surface area (Å²) in [7, 11) is 2.27. The first-order valence-corrected chi connectivity index (χ1v) is 8.16. The van der Waals surface area contributed by atoms with Crippen molar-refractivity contribution in [3.8, 4) is 0 Å². The molecule has 0 saturated carbocycles. The number of piperidine rings is 2. The SMILES string of the molecule is CN1C2CCCC1CC(n1c(N)nc3ccc(Cl)cc31)C2. The van der Waals surface area contributed by atoms with Gasteiger partial charge in [-0.05, 0) is 50.9 Å². The van der Waals surface area contributed by atoms with Crippen molar-refractivity contribution < 1.29 is 0 Å². The van der Waals surface area contributed by atoms with Gasteiger partial charge in [0.05, 0.1) is 11.0 Å². The lowest BCUT2D eigenvalue weighted by atomic mass is 9.82. The molecule has 3 heterocycles. The van der Waals surface area contributed by atoms with Crippen LogP contribution in [-0.2, 0) is 0 Å². The van der Waals surface area contributed by atoms with E-state index in [1.807, 2.05) is 18.2 Å². The van der Waals surface area contributed by atoms with Crippen molar-refractivity contribution in [2.75, 3.05) is 12.8 Å². The predicted octanol–water partition coefficient (Wildman–Crippen LogP) is 3.46. The molecule has 2 fully saturated rings. The molecule has 2 aliphatic rings. The molecule has 2 aliphatic heterocycles. The maximum absolute atomic E-state index is 6.21. The van der Waals surface area contributed by atoms with Crippen molar-refractivity contribution in [2.24, 2.45) is 0 Å². The Balaban J connectivity index is 1.76. The van der Waals surface area contributed by atoms with Crippen LogP contribution in [-0.4, -0.2) is 33.6 Å². The summed E-state index contributed by atoms with van der Waals surface area (Å²) in [6, 6.07) is 7.63. The monoisotopic (exact) mass is 304 g/mol. The number of benzene rings is 1. The predicted molar refractivity (Wildman–Crippen MR) is 86.6 cm³/mol. The lowest BCUT2D eigenvalue weighted by Crippen LogP contribution is -2.50. The minimum Gasteiger partial charge on any atom is -0.369 e. The highest BCUT2D eigenvalue weighted by Crippen LogP contribution is 2.40. The maximum atomic E-state index is 6.21. The normalized spacial score (nSPS) is 29.9. The molecule has 2 N–H and O–H groups in total. The van der Waals surface area contributed by atoms with Crippen molar-refractivity contribution in [3.05, 3.63) is 23.2 Å². The van der Waals surface area contributed by atoms with Gasteiger partial charge in [-0.3, -0.25) is 0 Å². The third-order valence-corrected chi connectivity index (χ3v) is 5.59. The Bertz CT molecular complexity index is 666. The van der Waals surface area contributed by atoms with Crippen molar-refractivity contribution in [2.45, 2.75) is 50.2 Å². The number of imidazole rings is 1. The Labute approximate surface area is 129 Å². The largest absolute Gasteiger partial charge is 0.369 e. The van der Waals surface area contributed by atoms with Crippen LogP contribution in [0.2, 0.25) is 5.02 Å². The molecule has 2 unspecified atom stereocenters. The fourth-order valence-corrected chi connectivity index (χ4v) is 4.43. The highest BCUT2D eigenvalue weighted by molar-refractivity contribution is 6.31. The summed E-state index contributed by atoms with van der Waals surface area (Å²) < 4.78 is 2.22. The Morgan fingerprint density at radius 2 is 1.90 bits per heavy atom. The van der Waals surface area contributed by atoms with Gasteiger partial charge < -0.3 is 15.2 Å². The molecule has 2 atom stereocenters. The van der Waals surface area contributed by atoms with Crippen LogP contribution in [0.4, 0.5) is 5.95 Å². The van der Waals surface area contributed by atoms with Crippen molar-refractivity contribution >= 4 is 28.6 Å². The third kappa shape index (κ3) is 2.12. The molecule has 4 nitrogen and oxygen atoms in total. The number of hydrogen-bond acceptors (Lipinski definition) is 3. The lowest BCUT2D eigenvalue weighted by molar-refractivity contribution is 0.0415. The zero-order chi connectivity index (χ0) is 14.6. The molecule has 0 spiro atoms. The number of halogens is 1. The van der Waals surface area contributed by atoms with Crippen molar-refractivity contribution in [1.29, 1.82) is 0 Å². The number of nitrogens with zero attached hydrogens (tertiary/aromatic N) is 3. The van der Waals surface area contributed by atoms with Crippen molar-refractivity contribution in [3.63, 3.8) is 0 Å². The molecule has 0 aliphatic carbocycles. The van der Waals surface area contributed by atoms with Gasteiger partial charge in [0.1, 0.15) is 0 Å². The summed E-state index contributed by atoms with van der Waals surface area (Å²) in [4.78, 5) is 7.08. The van der Waals surface area contributed by atoms with Crippen LogP contribution in [0.15, 0.2) is 18.2 Å². The molecule has 4 rings (SSSR count). The van der Waals surface area contributed by atoms with Gasteiger partial charge in [0.25, 0.3) is 0 Å². The van der Waals surface area contributed by atoms with E-state index in [2.05, 4.69) is 21.5 Å². The Kier molecular flexibility index (Phi) is 3.12. The number of nitrogen functional groups attached to an aromatic ring is 1. The van der Waals surface area contributed by atoms with Crippen LogP contribution >= 0.6 is 11.6 Å².